The van der Waals surface area contributed by atoms with E-state index in [0.29, 0.717) is 15.5 Å². The van der Waals surface area contributed by atoms with Crippen molar-refractivity contribution >= 4 is 104 Å². The minimum Gasteiger partial charge on any atom is -0.309 e. The Morgan fingerprint density at radius 1 is 0.406 bits per heavy atom. The van der Waals surface area contributed by atoms with Crippen LogP contribution in [-0.2, 0) is 0 Å². The van der Waals surface area contributed by atoms with Gasteiger partial charge in [-0.2, -0.15) is 0 Å². The third-order valence-electron chi connectivity index (χ3n) is 11.2. The molecule has 10 aromatic carbocycles. The molecule has 300 valence electrons. The number of benzene rings is 10. The zero-order valence-corrected chi connectivity index (χ0v) is 34.3. The minimum absolute atomic E-state index is 0.127. The van der Waals surface area contributed by atoms with Gasteiger partial charge in [0, 0.05) is 42.7 Å². The van der Waals surface area contributed by atoms with Gasteiger partial charge in [-0.1, -0.05) is 200 Å². The van der Waals surface area contributed by atoms with Gasteiger partial charge < -0.3 is 9.13 Å². The molecule has 0 aliphatic heterocycles. The van der Waals surface area contributed by atoms with Gasteiger partial charge in [0.1, 0.15) is 0 Å². The molecule has 0 saturated heterocycles. The van der Waals surface area contributed by atoms with Gasteiger partial charge in [0.05, 0.1) is 74.9 Å². The van der Waals surface area contributed by atoms with Crippen molar-refractivity contribution in [2.24, 2.45) is 0 Å². The number of nitrogens with zero attached hydrogens (tertiary/aromatic N) is 2. The van der Waals surface area contributed by atoms with E-state index in [9.17, 15) is 21.9 Å². The van der Waals surface area contributed by atoms with Gasteiger partial charge in [0.2, 0.25) is 0 Å². The molecular formula is C60H40N2SSi. The first kappa shape index (κ1) is 17.4. The monoisotopic (exact) mass is 879 g/mol. The van der Waals surface area contributed by atoms with Crippen molar-refractivity contribution < 1.29 is 42.5 Å². The summed E-state index contributed by atoms with van der Waals surface area (Å²) in [5.74, 6) is 0. The van der Waals surface area contributed by atoms with Crippen molar-refractivity contribution in [2.45, 2.75) is 0 Å². The Labute approximate surface area is 419 Å². The highest BCUT2D eigenvalue weighted by molar-refractivity contribution is 7.26. The van der Waals surface area contributed by atoms with E-state index >= 15 is 0 Å². The maximum absolute atomic E-state index is 10.5. The molecule has 64 heavy (non-hydrogen) atoms. The molecule has 0 fully saturated rings. The van der Waals surface area contributed by atoms with Crippen LogP contribution in [0.2, 0.25) is 0 Å². The second kappa shape index (κ2) is 14.7. The molecule has 0 saturated carbocycles. The van der Waals surface area contributed by atoms with Crippen LogP contribution in [0.25, 0.3) is 86.3 Å². The summed E-state index contributed by atoms with van der Waals surface area (Å²) < 4.78 is 293. The molecule has 0 spiro atoms. The maximum Gasteiger partial charge on any atom is 0.179 e. The van der Waals surface area contributed by atoms with Crippen molar-refractivity contribution in [1.82, 2.24) is 9.13 Å². The first-order chi connectivity index (χ1) is 44.7. The van der Waals surface area contributed by atoms with Crippen molar-refractivity contribution in [3.8, 4) is 22.5 Å². The highest BCUT2D eigenvalue weighted by Gasteiger charge is 2.41. The van der Waals surface area contributed by atoms with Gasteiger partial charge in [0.25, 0.3) is 0 Å². The van der Waals surface area contributed by atoms with Crippen LogP contribution >= 0.6 is 11.3 Å². The van der Waals surface area contributed by atoms with E-state index in [4.69, 9.17) is 20.6 Å². The summed E-state index contributed by atoms with van der Waals surface area (Å²) in [6.45, 7) is 0. The number of fused-ring (bicyclic) bond motifs is 10. The topological polar surface area (TPSA) is 9.86 Å². The van der Waals surface area contributed by atoms with Gasteiger partial charge >= 0.3 is 0 Å². The number of hydrogen-bond acceptors (Lipinski definition) is 1. The second-order valence-corrected chi connectivity index (χ2v) is 19.0. The van der Waals surface area contributed by atoms with Crippen molar-refractivity contribution in [3.63, 3.8) is 0 Å². The summed E-state index contributed by atoms with van der Waals surface area (Å²) in [4.78, 5) is 0. The van der Waals surface area contributed by atoms with Crippen LogP contribution in [0.5, 0.6) is 0 Å². The van der Waals surface area contributed by atoms with Crippen LogP contribution in [0.3, 0.4) is 0 Å². The normalized spacial score (nSPS) is 18.8. The quantitative estimate of drug-likeness (QED) is 0.111. The molecule has 0 unspecified atom stereocenters. The third kappa shape index (κ3) is 5.43. The van der Waals surface area contributed by atoms with Crippen LogP contribution in [-0.4, -0.2) is 17.2 Å². The van der Waals surface area contributed by atoms with Gasteiger partial charge in [-0.25, -0.2) is 0 Å². The second-order valence-electron chi connectivity index (χ2n) is 14.5. The van der Waals surface area contributed by atoms with E-state index in [1.165, 1.54) is 9.13 Å². The first-order valence-corrected chi connectivity index (χ1v) is 22.3. The average Bonchev–Trinajstić information content (AvgIpc) is 1.67. The van der Waals surface area contributed by atoms with Crippen molar-refractivity contribution in [3.05, 3.63) is 242 Å². The predicted octanol–water partition coefficient (Wildman–Crippen LogP) is 13.3. The summed E-state index contributed by atoms with van der Waals surface area (Å²) in [6, 6.07) is -17.1. The Bertz CT molecular complexity index is 5510. The lowest BCUT2D eigenvalue weighted by molar-refractivity contribution is 1.18. The van der Waals surface area contributed by atoms with Crippen LogP contribution < -0.4 is 20.7 Å². The van der Waals surface area contributed by atoms with Crippen LogP contribution in [0.4, 0.5) is 0 Å². The molecule has 0 radical (unpaired) electrons. The molecule has 0 aliphatic carbocycles. The van der Waals surface area contributed by atoms with Crippen LogP contribution in [0.15, 0.2) is 242 Å². The zero-order valence-electron chi connectivity index (χ0n) is 63.5. The Morgan fingerprint density at radius 2 is 0.953 bits per heavy atom. The molecule has 2 nitrogen and oxygen atoms in total. The van der Waals surface area contributed by atoms with Crippen LogP contribution in [0, 0.1) is 0 Å². The smallest absolute Gasteiger partial charge is 0.179 e. The highest BCUT2D eigenvalue weighted by Crippen LogP contribution is 2.47. The fourth-order valence-electron chi connectivity index (χ4n) is 8.64. The predicted molar refractivity (Wildman–Crippen MR) is 277 cm³/mol. The summed E-state index contributed by atoms with van der Waals surface area (Å²) in [5, 5.41) is -3.73. The molecule has 3 aromatic heterocycles. The highest BCUT2D eigenvalue weighted by atomic mass is 32.1. The fourth-order valence-corrected chi connectivity index (χ4v) is 13.4. The standard InChI is InChI=1S/C60H40N2SSi/c1-4-19-41(20-5-1)42-21-18-26-47(39-42)64(44-22-6-2-7-23-44,45-24-8-3-9-25-45)46-37-35-43(36-38-46)61-53-31-14-12-29-50(53)52-40-56(60-58(59(52)61)51-30-13-17-34-57(51)63-60)62-54-32-15-10-27-48(54)49-28-11-16-33-55(49)62/h1-40H/i1D,2D,3D,4D,5D,6D,7D,8D,9D,10D,11D,15D,16D,18D,19D,20D,21D,22D,23D,24D,25D,26D,27D,28D,32D,33D,35D,36D,37D,38D,39D. The molecule has 0 bridgehead atoms. The summed E-state index contributed by atoms with van der Waals surface area (Å²) >= 11 is 1.14. The SMILES string of the molecule is [2H]c1c([2H])c([2H])c(-c2c([2H])c([2H])c([2H])c([Si](c3c([2H])c([2H])c([2H])c([2H])c3[2H])(c3c([2H])c([2H])c([2H])c([2H])c3[2H])c3c([2H])c([2H])c(-n4c5ccccc5c5cc(-n6c7c([2H])c([2H])c([2H])c([2H])c7c7c([2H])c([2H])c([2H])c([2H])c76)c6sc7ccccc7c6c54)c([2H])c3[2H])c2[2H])c([2H])c1[2H]. The molecular weight excluding hydrogens is 809 g/mol. The third-order valence-corrected chi connectivity index (χ3v) is 16.4. The largest absolute Gasteiger partial charge is 0.309 e. The Morgan fingerprint density at radius 3 is 1.64 bits per heavy atom. The Hall–Kier alpha value is -7.76. The van der Waals surface area contributed by atoms with Crippen LogP contribution in [0.1, 0.15) is 42.5 Å². The Kier molecular flexibility index (Phi) is 3.99. The molecule has 13 rings (SSSR count). The zero-order chi connectivity index (χ0) is 69.2. The molecule has 4 heteroatoms. The molecule has 0 aliphatic rings. The van der Waals surface area contributed by atoms with Crippen molar-refractivity contribution in [1.29, 1.82) is 0 Å². The van der Waals surface area contributed by atoms with Gasteiger partial charge in [0.15, 0.2) is 8.07 Å². The van der Waals surface area contributed by atoms with Gasteiger partial charge in [-0.05, 0) is 74.2 Å². The average molecular weight is 880 g/mol. The number of rotatable bonds is 7. The summed E-state index contributed by atoms with van der Waals surface area (Å²) in [6.07, 6.45) is 0. The number of thiophene rings is 1. The van der Waals surface area contributed by atoms with E-state index in [1.807, 2.05) is 0 Å². The van der Waals surface area contributed by atoms with E-state index in [1.54, 1.807) is 54.6 Å². The molecule has 0 N–H and O–H groups in total. The number of para-hydroxylation sites is 3. The molecule has 13 aromatic rings. The maximum atomic E-state index is 10.5. The van der Waals surface area contributed by atoms with E-state index in [0.717, 1.165) is 11.3 Å². The summed E-state index contributed by atoms with van der Waals surface area (Å²) in [7, 11) is -6.54. The number of hydrogen-bond donors (Lipinski definition) is 0. The summed E-state index contributed by atoms with van der Waals surface area (Å²) in [5.41, 5.74) is -2.63. The van der Waals surface area contributed by atoms with E-state index in [2.05, 4.69) is 0 Å². The van der Waals surface area contributed by atoms with Crippen molar-refractivity contribution in [2.75, 3.05) is 0 Å². The minimum atomic E-state index is -6.54. The molecule has 3 heterocycles. The molecule has 0 amide bonds. The Balaban J connectivity index is 1.27. The first-order valence-electron chi connectivity index (χ1n) is 35.0. The van der Waals surface area contributed by atoms with Gasteiger partial charge in [-0.15, -0.1) is 11.3 Å². The lowest BCUT2D eigenvalue weighted by Gasteiger charge is -2.35. The lowest BCUT2D eigenvalue weighted by Crippen LogP contribution is -2.74. The fraction of sp³-hybridized carbons (Fsp3) is 0. The lowest BCUT2D eigenvalue weighted by atomic mass is 10.1. The number of aromatic nitrogens is 2. The van der Waals surface area contributed by atoms with Gasteiger partial charge in [-0.3, -0.25) is 0 Å². The van der Waals surface area contributed by atoms with E-state index < -0.39 is 233 Å². The van der Waals surface area contributed by atoms with E-state index in [-0.39, 0.29) is 54.0 Å². The molecule has 0 atom stereocenters.